The number of hydrogen-bond donors (Lipinski definition) is 1. The Hall–Kier alpha value is -1.31. The summed E-state index contributed by atoms with van der Waals surface area (Å²) in [6, 6.07) is 1.28. The van der Waals surface area contributed by atoms with E-state index in [0.29, 0.717) is 45.3 Å². The smallest absolute Gasteiger partial charge is 0.225 e. The minimum atomic E-state index is -0.537. The van der Waals surface area contributed by atoms with E-state index in [2.05, 4.69) is 22.2 Å². The van der Waals surface area contributed by atoms with Gasteiger partial charge in [-0.2, -0.15) is 9.37 Å². The highest BCUT2D eigenvalue weighted by Gasteiger charge is 2.00. The molecule has 0 spiro atoms. The summed E-state index contributed by atoms with van der Waals surface area (Å²) in [7, 11) is 0. The molecule has 1 rings (SSSR count). The fourth-order valence-electron chi connectivity index (χ4n) is 1.53. The molecule has 0 saturated carbocycles. The van der Waals surface area contributed by atoms with Crippen molar-refractivity contribution in [2.24, 2.45) is 0 Å². The lowest BCUT2D eigenvalue weighted by molar-refractivity contribution is 0.0165. The van der Waals surface area contributed by atoms with Crippen molar-refractivity contribution in [2.45, 2.75) is 20.3 Å². The molecule has 1 N–H and O–H groups in total. The first kappa shape index (κ1) is 17.7. The summed E-state index contributed by atoms with van der Waals surface area (Å²) in [4.78, 5) is 7.69. The molecule has 7 heteroatoms. The molecule has 0 atom stereocenters. The molecule has 0 amide bonds. The predicted octanol–water partition coefficient (Wildman–Crippen LogP) is 1.80. The van der Waals surface area contributed by atoms with Gasteiger partial charge in [0.15, 0.2) is 0 Å². The van der Waals surface area contributed by atoms with Crippen molar-refractivity contribution in [1.82, 2.24) is 9.97 Å². The van der Waals surface area contributed by atoms with Crippen molar-refractivity contribution in [3.05, 3.63) is 17.7 Å². The van der Waals surface area contributed by atoms with Crippen LogP contribution in [-0.2, 0) is 14.2 Å². The Labute approximate surface area is 125 Å². The van der Waals surface area contributed by atoms with Gasteiger partial charge in [0.25, 0.3) is 0 Å². The minimum Gasteiger partial charge on any atom is -0.379 e. The van der Waals surface area contributed by atoms with E-state index in [1.54, 1.807) is 6.92 Å². The molecule has 0 saturated heterocycles. The predicted molar refractivity (Wildman–Crippen MR) is 78.0 cm³/mol. The molecule has 6 nitrogen and oxygen atoms in total. The zero-order valence-electron chi connectivity index (χ0n) is 12.7. The first-order chi connectivity index (χ1) is 10.2. The quantitative estimate of drug-likeness (QED) is 0.469. The number of halogens is 1. The summed E-state index contributed by atoms with van der Waals surface area (Å²) in [5, 5.41) is 2.90. The van der Waals surface area contributed by atoms with Gasteiger partial charge in [-0.1, -0.05) is 6.92 Å². The first-order valence-corrected chi connectivity index (χ1v) is 7.20. The number of nitrogens with zero attached hydrogens (tertiary/aromatic N) is 2. The topological polar surface area (TPSA) is 65.5 Å². The molecule has 0 fully saturated rings. The second-order valence-electron chi connectivity index (χ2n) is 4.42. The van der Waals surface area contributed by atoms with Crippen LogP contribution in [0.4, 0.5) is 10.3 Å². The Balaban J connectivity index is 1.93. The maximum absolute atomic E-state index is 13.0. The fraction of sp³-hybridized carbons (Fsp3) is 0.714. The highest BCUT2D eigenvalue weighted by Crippen LogP contribution is 2.02. The van der Waals surface area contributed by atoms with Gasteiger partial charge >= 0.3 is 0 Å². The maximum atomic E-state index is 13.0. The van der Waals surface area contributed by atoms with E-state index < -0.39 is 5.95 Å². The van der Waals surface area contributed by atoms with Crippen molar-refractivity contribution < 1.29 is 18.6 Å². The molecule has 0 aliphatic heterocycles. The SMILES string of the molecule is CCCOCCOCCOCCNc1nc(C)cc(F)n1. The number of ether oxygens (including phenoxy) is 3. The lowest BCUT2D eigenvalue weighted by Gasteiger charge is -2.07. The molecule has 21 heavy (non-hydrogen) atoms. The van der Waals surface area contributed by atoms with E-state index in [4.69, 9.17) is 14.2 Å². The van der Waals surface area contributed by atoms with E-state index in [-0.39, 0.29) is 5.95 Å². The van der Waals surface area contributed by atoms with E-state index >= 15 is 0 Å². The third-order valence-electron chi connectivity index (χ3n) is 2.44. The molecule has 1 aromatic heterocycles. The molecule has 1 heterocycles. The summed E-state index contributed by atoms with van der Waals surface area (Å²) in [6.45, 7) is 7.80. The van der Waals surface area contributed by atoms with E-state index in [9.17, 15) is 4.39 Å². The highest BCUT2D eigenvalue weighted by atomic mass is 19.1. The van der Waals surface area contributed by atoms with Crippen molar-refractivity contribution in [1.29, 1.82) is 0 Å². The highest BCUT2D eigenvalue weighted by molar-refractivity contribution is 5.24. The van der Waals surface area contributed by atoms with Crippen LogP contribution in [0.1, 0.15) is 19.0 Å². The van der Waals surface area contributed by atoms with Crippen LogP contribution >= 0.6 is 0 Å². The van der Waals surface area contributed by atoms with Crippen LogP contribution in [0.5, 0.6) is 0 Å². The minimum absolute atomic E-state index is 0.278. The van der Waals surface area contributed by atoms with Crippen LogP contribution in [0.2, 0.25) is 0 Å². The molecule has 0 radical (unpaired) electrons. The Morgan fingerprint density at radius 3 is 2.24 bits per heavy atom. The maximum Gasteiger partial charge on any atom is 0.225 e. The fourth-order valence-corrected chi connectivity index (χ4v) is 1.53. The summed E-state index contributed by atoms with van der Waals surface area (Å²) < 4.78 is 29.0. The Kier molecular flexibility index (Phi) is 9.60. The number of hydrogen-bond acceptors (Lipinski definition) is 6. The van der Waals surface area contributed by atoms with Crippen molar-refractivity contribution in [3.63, 3.8) is 0 Å². The van der Waals surface area contributed by atoms with Crippen LogP contribution in [-0.4, -0.2) is 56.2 Å². The standard InChI is InChI=1S/C14H24FN3O3/c1-3-5-19-7-9-21-10-8-20-6-4-16-14-17-12(2)11-13(15)18-14/h11H,3-10H2,1-2H3,(H,16,17,18). The molecule has 0 unspecified atom stereocenters. The Morgan fingerprint density at radius 1 is 1.00 bits per heavy atom. The van der Waals surface area contributed by atoms with Gasteiger partial charge in [-0.05, 0) is 13.3 Å². The summed E-state index contributed by atoms with van der Waals surface area (Å²) in [5.74, 6) is -0.259. The molecular formula is C14H24FN3O3. The van der Waals surface area contributed by atoms with Crippen LogP contribution < -0.4 is 5.32 Å². The van der Waals surface area contributed by atoms with E-state index in [1.165, 1.54) is 6.07 Å². The lowest BCUT2D eigenvalue weighted by atomic mass is 10.4. The summed E-state index contributed by atoms with van der Waals surface area (Å²) in [5.41, 5.74) is 0.588. The van der Waals surface area contributed by atoms with E-state index in [0.717, 1.165) is 13.0 Å². The first-order valence-electron chi connectivity index (χ1n) is 7.20. The normalized spacial score (nSPS) is 10.8. The number of anilines is 1. The van der Waals surface area contributed by atoms with Crippen LogP contribution in [0, 0.1) is 12.9 Å². The van der Waals surface area contributed by atoms with Gasteiger partial charge in [0, 0.05) is 24.9 Å². The molecular weight excluding hydrogens is 277 g/mol. The van der Waals surface area contributed by atoms with Crippen molar-refractivity contribution >= 4 is 5.95 Å². The second-order valence-corrected chi connectivity index (χ2v) is 4.42. The van der Waals surface area contributed by atoms with Gasteiger partial charge in [-0.3, -0.25) is 0 Å². The average molecular weight is 301 g/mol. The average Bonchev–Trinajstić information content (AvgIpc) is 2.44. The third kappa shape index (κ3) is 9.28. The number of aromatic nitrogens is 2. The largest absolute Gasteiger partial charge is 0.379 e. The summed E-state index contributed by atoms with van der Waals surface area (Å²) >= 11 is 0. The third-order valence-corrected chi connectivity index (χ3v) is 2.44. The molecule has 0 aliphatic carbocycles. The molecule has 0 aromatic carbocycles. The zero-order chi connectivity index (χ0) is 15.3. The monoisotopic (exact) mass is 301 g/mol. The molecule has 0 aliphatic rings. The van der Waals surface area contributed by atoms with Gasteiger partial charge in [-0.25, -0.2) is 4.98 Å². The van der Waals surface area contributed by atoms with Gasteiger partial charge in [-0.15, -0.1) is 0 Å². The molecule has 120 valence electrons. The Bertz CT molecular complexity index is 373. The van der Waals surface area contributed by atoms with Crippen molar-refractivity contribution in [3.8, 4) is 0 Å². The number of aryl methyl sites for hydroxylation is 1. The van der Waals surface area contributed by atoms with Crippen molar-refractivity contribution in [2.75, 3.05) is 51.5 Å². The molecule has 0 bridgehead atoms. The summed E-state index contributed by atoms with van der Waals surface area (Å²) in [6.07, 6.45) is 1.02. The van der Waals surface area contributed by atoms with Crippen LogP contribution in [0.25, 0.3) is 0 Å². The zero-order valence-corrected chi connectivity index (χ0v) is 12.7. The lowest BCUT2D eigenvalue weighted by Crippen LogP contribution is -2.15. The van der Waals surface area contributed by atoms with Gasteiger partial charge in [0.1, 0.15) is 0 Å². The number of nitrogens with one attached hydrogen (secondary N) is 1. The van der Waals surface area contributed by atoms with E-state index in [1.807, 2.05) is 0 Å². The van der Waals surface area contributed by atoms with Crippen LogP contribution in [0.3, 0.4) is 0 Å². The van der Waals surface area contributed by atoms with Gasteiger partial charge in [0.2, 0.25) is 11.9 Å². The second kappa shape index (κ2) is 11.4. The van der Waals surface area contributed by atoms with Crippen LogP contribution in [0.15, 0.2) is 6.07 Å². The van der Waals surface area contributed by atoms with Gasteiger partial charge < -0.3 is 19.5 Å². The number of rotatable bonds is 12. The Morgan fingerprint density at radius 2 is 1.62 bits per heavy atom. The van der Waals surface area contributed by atoms with Gasteiger partial charge in [0.05, 0.1) is 33.0 Å². The molecule has 1 aromatic rings.